The Morgan fingerprint density at radius 2 is 1.95 bits per heavy atom. The first-order valence-corrected chi connectivity index (χ1v) is 7.60. The molecule has 116 valence electrons. The lowest BCUT2D eigenvalue weighted by atomic mass is 10.1. The lowest BCUT2D eigenvalue weighted by Crippen LogP contribution is -2.29. The molecule has 0 radical (unpaired) electrons. The van der Waals surface area contributed by atoms with Crippen molar-refractivity contribution in [3.05, 3.63) is 46.0 Å². The van der Waals surface area contributed by atoms with Crippen LogP contribution in [0.1, 0.15) is 6.42 Å². The molecule has 0 atom stereocenters. The number of halogens is 1. The highest BCUT2D eigenvalue weighted by molar-refractivity contribution is 7.89. The number of benzene rings is 1. The fourth-order valence-electron chi connectivity index (χ4n) is 1.85. The summed E-state index contributed by atoms with van der Waals surface area (Å²) < 4.78 is 26.6. The molecule has 2 N–H and O–H groups in total. The molecule has 0 spiro atoms. The van der Waals surface area contributed by atoms with E-state index in [-0.39, 0.29) is 29.5 Å². The first-order valence-electron chi connectivity index (χ1n) is 6.12. The van der Waals surface area contributed by atoms with Crippen molar-refractivity contribution in [3.8, 4) is 0 Å². The molecule has 1 aliphatic rings. The monoisotopic (exact) mass is 333 g/mol. The molecule has 0 bridgehead atoms. The van der Waals surface area contributed by atoms with Gasteiger partial charge in [0.2, 0.25) is 10.0 Å². The van der Waals surface area contributed by atoms with Gasteiger partial charge in [-0.05, 0) is 25.1 Å². The van der Waals surface area contributed by atoms with E-state index in [0.29, 0.717) is 0 Å². The van der Waals surface area contributed by atoms with Crippen LogP contribution in [-0.4, -0.2) is 33.0 Å². The largest absolute Gasteiger partial charge is 0.313 e. The number of non-ortho nitro benzene ring substituents is 1. The molecule has 0 saturated carbocycles. The maximum Gasteiger partial charge on any atom is 0.269 e. The molecule has 1 aliphatic heterocycles. The van der Waals surface area contributed by atoms with E-state index in [1.807, 2.05) is 6.08 Å². The normalized spacial score (nSPS) is 15.0. The van der Waals surface area contributed by atoms with Gasteiger partial charge in [0.05, 0.1) is 9.82 Å². The van der Waals surface area contributed by atoms with Gasteiger partial charge in [-0.1, -0.05) is 11.6 Å². The van der Waals surface area contributed by atoms with E-state index < -0.39 is 14.9 Å². The molecule has 0 aromatic heterocycles. The molecular weight excluding hydrogens is 318 g/mol. The van der Waals surface area contributed by atoms with Crippen molar-refractivity contribution in [3.63, 3.8) is 0 Å². The molecule has 0 fully saturated rings. The summed E-state index contributed by atoms with van der Waals surface area (Å²) in [5.41, 5.74) is 0.902. The lowest BCUT2D eigenvalue weighted by Gasteiger charge is -2.14. The Kier molecular flexibility index (Phi) is 6.28. The number of nitrogens with zero attached hydrogens (tertiary/aromatic N) is 1. The number of rotatable bonds is 5. The molecule has 0 saturated heterocycles. The second-order valence-electron chi connectivity index (χ2n) is 4.39. The molecule has 2 rings (SSSR count). The summed E-state index contributed by atoms with van der Waals surface area (Å²) in [6.45, 7) is 1.85. The van der Waals surface area contributed by atoms with E-state index in [1.54, 1.807) is 0 Å². The Morgan fingerprint density at radius 1 is 1.29 bits per heavy atom. The van der Waals surface area contributed by atoms with Crippen LogP contribution in [0, 0.1) is 10.1 Å². The minimum Gasteiger partial charge on any atom is -0.313 e. The number of hydrogen-bond acceptors (Lipinski definition) is 5. The van der Waals surface area contributed by atoms with Crippen molar-refractivity contribution in [1.29, 1.82) is 0 Å². The van der Waals surface area contributed by atoms with Crippen LogP contribution in [0.2, 0.25) is 0 Å². The van der Waals surface area contributed by atoms with Crippen LogP contribution in [0.15, 0.2) is 40.8 Å². The maximum absolute atomic E-state index is 12.0. The molecule has 0 aliphatic carbocycles. The summed E-state index contributed by atoms with van der Waals surface area (Å²) in [7, 11) is -3.64. The standard InChI is InChI=1S/C12H15N3O4S.ClH/c16-15(17)11-1-3-12(4-2-11)20(18,19)14-9-10-5-7-13-8-6-10;/h1-5,13-14H,6-9H2;1H. The Hall–Kier alpha value is -1.48. The van der Waals surface area contributed by atoms with Crippen LogP contribution >= 0.6 is 12.4 Å². The third kappa shape index (κ3) is 4.78. The van der Waals surface area contributed by atoms with Gasteiger partial charge in [0.1, 0.15) is 0 Å². The molecule has 1 aromatic rings. The Bertz CT molecular complexity index is 628. The van der Waals surface area contributed by atoms with Gasteiger partial charge in [0.15, 0.2) is 0 Å². The molecule has 0 amide bonds. The van der Waals surface area contributed by atoms with Gasteiger partial charge in [0, 0.05) is 25.2 Å². The third-order valence-corrected chi connectivity index (χ3v) is 4.42. The van der Waals surface area contributed by atoms with Crippen molar-refractivity contribution in [2.75, 3.05) is 19.6 Å². The van der Waals surface area contributed by atoms with Gasteiger partial charge in [-0.3, -0.25) is 10.1 Å². The fraction of sp³-hybridized carbons (Fsp3) is 0.333. The molecule has 21 heavy (non-hydrogen) atoms. The summed E-state index contributed by atoms with van der Waals surface area (Å²) in [6.07, 6.45) is 2.77. The van der Waals surface area contributed by atoms with Crippen LogP contribution in [0.5, 0.6) is 0 Å². The number of nitro groups is 1. The second-order valence-corrected chi connectivity index (χ2v) is 6.16. The second kappa shape index (κ2) is 7.51. The lowest BCUT2D eigenvalue weighted by molar-refractivity contribution is -0.384. The van der Waals surface area contributed by atoms with Crippen LogP contribution in [-0.2, 0) is 10.0 Å². The minimum atomic E-state index is -3.64. The van der Waals surface area contributed by atoms with E-state index in [0.717, 1.165) is 25.1 Å². The van der Waals surface area contributed by atoms with E-state index in [2.05, 4.69) is 10.0 Å². The summed E-state index contributed by atoms with van der Waals surface area (Å²) >= 11 is 0. The van der Waals surface area contributed by atoms with Crippen molar-refractivity contribution in [1.82, 2.24) is 10.0 Å². The Balaban J connectivity index is 0.00000220. The van der Waals surface area contributed by atoms with Gasteiger partial charge < -0.3 is 5.32 Å². The fourth-order valence-corrected chi connectivity index (χ4v) is 2.88. The van der Waals surface area contributed by atoms with Crippen molar-refractivity contribution < 1.29 is 13.3 Å². The predicted octanol–water partition coefficient (Wildman–Crippen LogP) is 1.21. The molecule has 0 unspecified atom stereocenters. The van der Waals surface area contributed by atoms with Crippen LogP contribution in [0.4, 0.5) is 5.69 Å². The van der Waals surface area contributed by atoms with E-state index in [4.69, 9.17) is 0 Å². The topological polar surface area (TPSA) is 101 Å². The zero-order valence-electron chi connectivity index (χ0n) is 11.1. The van der Waals surface area contributed by atoms with Gasteiger partial charge in [-0.2, -0.15) is 0 Å². The SMILES string of the molecule is Cl.O=[N+]([O-])c1ccc(S(=O)(=O)NCC2=CCNCC2)cc1. The Labute approximate surface area is 129 Å². The number of nitrogens with one attached hydrogen (secondary N) is 2. The average molecular weight is 334 g/mol. The van der Waals surface area contributed by atoms with E-state index in [9.17, 15) is 18.5 Å². The number of sulfonamides is 1. The first kappa shape index (κ1) is 17.6. The summed E-state index contributed by atoms with van der Waals surface area (Å²) in [5, 5.41) is 13.7. The zero-order valence-corrected chi connectivity index (χ0v) is 12.7. The van der Waals surface area contributed by atoms with Crippen molar-refractivity contribution in [2.24, 2.45) is 0 Å². The van der Waals surface area contributed by atoms with Crippen molar-refractivity contribution in [2.45, 2.75) is 11.3 Å². The summed E-state index contributed by atoms with van der Waals surface area (Å²) in [5.74, 6) is 0. The zero-order chi connectivity index (χ0) is 14.6. The quantitative estimate of drug-likeness (QED) is 0.479. The average Bonchev–Trinajstić information content (AvgIpc) is 2.46. The number of nitro benzene ring substituents is 1. The van der Waals surface area contributed by atoms with Gasteiger partial charge in [-0.15, -0.1) is 12.4 Å². The van der Waals surface area contributed by atoms with E-state index >= 15 is 0 Å². The summed E-state index contributed by atoms with van der Waals surface area (Å²) in [6, 6.07) is 4.82. The minimum absolute atomic E-state index is 0. The van der Waals surface area contributed by atoms with Gasteiger partial charge >= 0.3 is 0 Å². The molecule has 9 heteroatoms. The predicted molar refractivity (Wildman–Crippen MR) is 81.1 cm³/mol. The van der Waals surface area contributed by atoms with Crippen LogP contribution in [0.25, 0.3) is 0 Å². The van der Waals surface area contributed by atoms with Crippen LogP contribution in [0.3, 0.4) is 0 Å². The van der Waals surface area contributed by atoms with E-state index in [1.165, 1.54) is 24.3 Å². The smallest absolute Gasteiger partial charge is 0.269 e. The molecule has 1 heterocycles. The molecular formula is C12H16ClN3O4S. The third-order valence-electron chi connectivity index (χ3n) is 3.01. The summed E-state index contributed by atoms with van der Waals surface area (Å²) in [4.78, 5) is 9.98. The highest BCUT2D eigenvalue weighted by Crippen LogP contribution is 2.16. The van der Waals surface area contributed by atoms with Crippen LogP contribution < -0.4 is 10.0 Å². The Morgan fingerprint density at radius 3 is 2.48 bits per heavy atom. The van der Waals surface area contributed by atoms with Gasteiger partial charge in [0.25, 0.3) is 5.69 Å². The highest BCUT2D eigenvalue weighted by atomic mass is 35.5. The first-order chi connectivity index (χ1) is 9.49. The number of hydrogen-bond donors (Lipinski definition) is 2. The van der Waals surface area contributed by atoms with Gasteiger partial charge in [-0.25, -0.2) is 13.1 Å². The molecule has 7 nitrogen and oxygen atoms in total. The van der Waals surface area contributed by atoms with Crippen molar-refractivity contribution >= 4 is 28.1 Å². The molecule has 1 aromatic carbocycles. The maximum atomic E-state index is 12.0. The highest BCUT2D eigenvalue weighted by Gasteiger charge is 2.16.